The first kappa shape index (κ1) is 25.9. The number of ether oxygens (including phenoxy) is 1. The third-order valence-corrected chi connectivity index (χ3v) is 4.84. The summed E-state index contributed by atoms with van der Waals surface area (Å²) in [5, 5.41) is 7.12. The lowest BCUT2D eigenvalue weighted by atomic mass is 10.1. The van der Waals surface area contributed by atoms with Crippen molar-refractivity contribution in [2.24, 2.45) is 0 Å². The van der Waals surface area contributed by atoms with E-state index >= 15 is 0 Å². The van der Waals surface area contributed by atoms with E-state index in [9.17, 15) is 17.6 Å². The van der Waals surface area contributed by atoms with E-state index in [1.807, 2.05) is 30.6 Å². The molecule has 0 aliphatic rings. The third-order valence-electron chi connectivity index (χ3n) is 4.84. The lowest BCUT2D eigenvalue weighted by Crippen LogP contribution is -2.21. The van der Waals surface area contributed by atoms with Gasteiger partial charge in [0, 0.05) is 18.7 Å². The molecule has 1 N–H and O–H groups in total. The number of aryl methyl sites for hydroxylation is 2. The Morgan fingerprint density at radius 2 is 1.82 bits per heavy atom. The molecule has 1 heterocycles. The summed E-state index contributed by atoms with van der Waals surface area (Å²) in [5.74, 6) is -2.03. The van der Waals surface area contributed by atoms with E-state index in [-0.39, 0.29) is 5.82 Å². The van der Waals surface area contributed by atoms with E-state index in [2.05, 4.69) is 22.5 Å². The Morgan fingerprint density at radius 3 is 2.42 bits per heavy atom. The smallest absolute Gasteiger partial charge is 0.490 e. The standard InChI is InChI=1S/C22H25FN2O.C2HF3O2/c1-3-7-21-20(15-17-8-6-10-19(23)14-17)24-16-25(21)13-12-18-9-4-5-11-22(18)26-2;3-2(4,5)1(6)7/h4-6,8-11,14,16H,3,7,12-13,15H2,1-2H3;(H,6,7). The average molecular weight is 466 g/mol. The Bertz CT molecular complexity index is 1050. The normalized spacial score (nSPS) is 11.0. The number of carboxylic acid groups (broad SMARTS) is 1. The molecule has 0 amide bonds. The van der Waals surface area contributed by atoms with Crippen LogP contribution in [0.4, 0.5) is 17.6 Å². The van der Waals surface area contributed by atoms with E-state index in [1.165, 1.54) is 17.3 Å². The molecule has 2 aromatic carbocycles. The predicted octanol–water partition coefficient (Wildman–Crippen LogP) is 5.45. The Morgan fingerprint density at radius 1 is 1.12 bits per heavy atom. The van der Waals surface area contributed by atoms with E-state index in [1.54, 1.807) is 19.2 Å². The summed E-state index contributed by atoms with van der Waals surface area (Å²) < 4.78 is 52.9. The van der Waals surface area contributed by atoms with E-state index < -0.39 is 12.1 Å². The van der Waals surface area contributed by atoms with Crippen molar-refractivity contribution in [3.63, 3.8) is 0 Å². The molecule has 178 valence electrons. The molecule has 1 aromatic heterocycles. The summed E-state index contributed by atoms with van der Waals surface area (Å²) >= 11 is 0. The fraction of sp³-hybridized carbons (Fsp3) is 0.333. The second kappa shape index (κ2) is 12.0. The molecule has 9 heteroatoms. The summed E-state index contributed by atoms with van der Waals surface area (Å²) in [6.45, 7) is 3.02. The summed E-state index contributed by atoms with van der Waals surface area (Å²) in [5.41, 5.74) is 4.43. The highest BCUT2D eigenvalue weighted by Gasteiger charge is 2.38. The van der Waals surface area contributed by atoms with Crippen LogP contribution in [0.1, 0.15) is 35.9 Å². The Labute approximate surface area is 189 Å². The topological polar surface area (TPSA) is 64.4 Å². The SMILES string of the molecule is CCCc1c(Cc2cccc(F)c2)ncn1CCc1ccccc1OC.O=C(O)C(F)(F)F. The van der Waals surface area contributed by atoms with Crippen molar-refractivity contribution in [3.05, 3.63) is 83.2 Å². The van der Waals surface area contributed by atoms with Crippen LogP contribution in [-0.2, 0) is 30.6 Å². The van der Waals surface area contributed by atoms with E-state index in [4.69, 9.17) is 14.6 Å². The van der Waals surface area contributed by atoms with Gasteiger partial charge in [0.25, 0.3) is 0 Å². The van der Waals surface area contributed by atoms with Crippen molar-refractivity contribution in [1.29, 1.82) is 0 Å². The van der Waals surface area contributed by atoms with Gasteiger partial charge in [0.1, 0.15) is 11.6 Å². The first-order chi connectivity index (χ1) is 15.7. The lowest BCUT2D eigenvalue weighted by molar-refractivity contribution is -0.192. The van der Waals surface area contributed by atoms with Crippen LogP contribution in [0.3, 0.4) is 0 Å². The molecule has 0 fully saturated rings. The molecule has 0 saturated carbocycles. The molecular weight excluding hydrogens is 440 g/mol. The molecule has 0 saturated heterocycles. The molecule has 0 unspecified atom stereocenters. The van der Waals surface area contributed by atoms with Crippen molar-refractivity contribution in [2.75, 3.05) is 7.11 Å². The number of para-hydroxylation sites is 1. The summed E-state index contributed by atoms with van der Waals surface area (Å²) in [6, 6.07) is 14.9. The van der Waals surface area contributed by atoms with Crippen LogP contribution >= 0.6 is 0 Å². The molecule has 0 radical (unpaired) electrons. The van der Waals surface area contributed by atoms with Crippen LogP contribution in [0.25, 0.3) is 0 Å². The Kier molecular flexibility index (Phi) is 9.44. The van der Waals surface area contributed by atoms with Gasteiger partial charge in [-0.1, -0.05) is 43.7 Å². The average Bonchev–Trinajstić information content (AvgIpc) is 3.13. The van der Waals surface area contributed by atoms with Gasteiger partial charge in [-0.25, -0.2) is 14.2 Å². The number of carbonyl (C=O) groups is 1. The zero-order valence-corrected chi connectivity index (χ0v) is 18.4. The lowest BCUT2D eigenvalue weighted by Gasteiger charge is -2.12. The fourth-order valence-corrected chi connectivity index (χ4v) is 3.31. The quantitative estimate of drug-likeness (QED) is 0.449. The number of aromatic nitrogens is 2. The maximum Gasteiger partial charge on any atom is 0.490 e. The van der Waals surface area contributed by atoms with Gasteiger partial charge in [-0.15, -0.1) is 0 Å². The van der Waals surface area contributed by atoms with Crippen LogP contribution in [0, 0.1) is 5.82 Å². The van der Waals surface area contributed by atoms with E-state index in [0.29, 0.717) is 6.42 Å². The number of aliphatic carboxylic acids is 1. The van der Waals surface area contributed by atoms with Gasteiger partial charge in [-0.3, -0.25) is 0 Å². The van der Waals surface area contributed by atoms with Crippen molar-refractivity contribution < 1.29 is 32.2 Å². The van der Waals surface area contributed by atoms with Gasteiger partial charge >= 0.3 is 12.1 Å². The number of hydrogen-bond acceptors (Lipinski definition) is 3. The van der Waals surface area contributed by atoms with Crippen LogP contribution in [-0.4, -0.2) is 33.9 Å². The van der Waals surface area contributed by atoms with E-state index in [0.717, 1.165) is 42.8 Å². The summed E-state index contributed by atoms with van der Waals surface area (Å²) in [7, 11) is 1.70. The van der Waals surface area contributed by atoms with Crippen LogP contribution in [0.15, 0.2) is 54.9 Å². The zero-order chi connectivity index (χ0) is 24.4. The maximum atomic E-state index is 13.5. The minimum Gasteiger partial charge on any atom is -0.496 e. The number of nitrogens with zero attached hydrogens (tertiary/aromatic N) is 2. The van der Waals surface area contributed by atoms with Crippen molar-refractivity contribution in [2.45, 2.75) is 45.3 Å². The first-order valence-corrected chi connectivity index (χ1v) is 10.3. The zero-order valence-electron chi connectivity index (χ0n) is 18.4. The van der Waals surface area contributed by atoms with Crippen LogP contribution in [0.5, 0.6) is 5.75 Å². The molecule has 33 heavy (non-hydrogen) atoms. The maximum absolute atomic E-state index is 13.5. The van der Waals surface area contributed by atoms with Gasteiger partial charge in [-0.2, -0.15) is 13.2 Å². The van der Waals surface area contributed by atoms with Crippen molar-refractivity contribution >= 4 is 5.97 Å². The first-order valence-electron chi connectivity index (χ1n) is 10.3. The number of carboxylic acids is 1. The number of rotatable bonds is 8. The van der Waals surface area contributed by atoms with Gasteiger partial charge < -0.3 is 14.4 Å². The molecule has 3 aromatic rings. The predicted molar refractivity (Wildman–Crippen MR) is 116 cm³/mol. The minimum atomic E-state index is -5.08. The molecule has 0 aliphatic heterocycles. The highest BCUT2D eigenvalue weighted by molar-refractivity contribution is 5.73. The number of halogens is 4. The van der Waals surface area contributed by atoms with Gasteiger partial charge in [0.2, 0.25) is 0 Å². The Hall–Kier alpha value is -3.36. The van der Waals surface area contributed by atoms with Crippen LogP contribution < -0.4 is 4.74 Å². The highest BCUT2D eigenvalue weighted by atomic mass is 19.4. The van der Waals surface area contributed by atoms with Crippen molar-refractivity contribution in [3.8, 4) is 5.75 Å². The molecule has 0 aliphatic carbocycles. The molecular formula is C24H26F4N2O3. The number of benzene rings is 2. The Balaban J connectivity index is 0.000000479. The molecule has 3 rings (SSSR count). The summed E-state index contributed by atoms with van der Waals surface area (Å²) in [4.78, 5) is 13.5. The monoisotopic (exact) mass is 466 g/mol. The number of hydrogen-bond donors (Lipinski definition) is 1. The summed E-state index contributed by atoms with van der Waals surface area (Å²) in [6.07, 6.45) is 0.396. The number of methoxy groups -OCH3 is 1. The van der Waals surface area contributed by atoms with Crippen LogP contribution in [0.2, 0.25) is 0 Å². The number of alkyl halides is 3. The molecule has 0 bridgehead atoms. The molecule has 0 spiro atoms. The second-order valence-electron chi connectivity index (χ2n) is 7.25. The largest absolute Gasteiger partial charge is 0.496 e. The third kappa shape index (κ3) is 7.93. The van der Waals surface area contributed by atoms with Gasteiger partial charge in [0.15, 0.2) is 0 Å². The second-order valence-corrected chi connectivity index (χ2v) is 7.25. The van der Waals surface area contributed by atoms with Gasteiger partial charge in [0.05, 0.1) is 19.1 Å². The molecule has 5 nitrogen and oxygen atoms in total. The highest BCUT2D eigenvalue weighted by Crippen LogP contribution is 2.21. The van der Waals surface area contributed by atoms with Gasteiger partial charge in [-0.05, 0) is 42.2 Å². The van der Waals surface area contributed by atoms with Crippen molar-refractivity contribution in [1.82, 2.24) is 9.55 Å². The minimum absolute atomic E-state index is 0.199. The molecule has 0 atom stereocenters. The fourth-order valence-electron chi connectivity index (χ4n) is 3.31. The number of imidazole rings is 1.